The van der Waals surface area contributed by atoms with E-state index in [9.17, 15) is 14.0 Å². The lowest BCUT2D eigenvalue weighted by Gasteiger charge is -2.41. The molecule has 2 aromatic carbocycles. The van der Waals surface area contributed by atoms with E-state index in [2.05, 4.69) is 12.2 Å². The number of rotatable bonds is 7. The highest BCUT2D eigenvalue weighted by Gasteiger charge is 2.41. The van der Waals surface area contributed by atoms with Crippen LogP contribution in [0.15, 0.2) is 48.5 Å². The number of hydrogen-bond acceptors (Lipinski definition) is 3. The molecule has 0 radical (unpaired) electrons. The van der Waals surface area contributed by atoms with Gasteiger partial charge in [0.15, 0.2) is 0 Å². The number of para-hydroxylation sites is 1. The van der Waals surface area contributed by atoms with Crippen LogP contribution in [0.25, 0.3) is 0 Å². The van der Waals surface area contributed by atoms with E-state index < -0.39 is 12.0 Å². The van der Waals surface area contributed by atoms with Gasteiger partial charge in [0, 0.05) is 24.2 Å². The summed E-state index contributed by atoms with van der Waals surface area (Å²) < 4.78 is 18.7. The van der Waals surface area contributed by atoms with Crippen molar-refractivity contribution in [2.24, 2.45) is 5.92 Å². The summed E-state index contributed by atoms with van der Waals surface area (Å²) >= 11 is 0. The van der Waals surface area contributed by atoms with Crippen molar-refractivity contribution in [1.29, 1.82) is 0 Å². The maximum atomic E-state index is 13.2. The van der Waals surface area contributed by atoms with Crippen molar-refractivity contribution in [2.45, 2.75) is 38.6 Å². The molecule has 154 valence electrons. The summed E-state index contributed by atoms with van der Waals surface area (Å²) in [6, 6.07) is 12.8. The molecular formula is C23H27FN2O3. The molecule has 1 aliphatic rings. The second-order valence-electron chi connectivity index (χ2n) is 7.27. The van der Waals surface area contributed by atoms with Gasteiger partial charge in [-0.3, -0.25) is 9.59 Å². The van der Waals surface area contributed by atoms with Gasteiger partial charge in [-0.1, -0.05) is 31.5 Å². The molecule has 29 heavy (non-hydrogen) atoms. The van der Waals surface area contributed by atoms with E-state index in [1.807, 2.05) is 29.2 Å². The Morgan fingerprint density at radius 3 is 2.62 bits per heavy atom. The molecule has 1 N–H and O–H groups in total. The predicted molar refractivity (Wildman–Crippen MR) is 110 cm³/mol. The zero-order valence-corrected chi connectivity index (χ0v) is 16.9. The molecule has 0 saturated carbocycles. The number of unbranched alkanes of at least 4 members (excludes halogenated alkanes) is 1. The number of nitrogens with one attached hydrogen (secondary N) is 1. The Bertz CT molecular complexity index is 853. The second kappa shape index (κ2) is 9.54. The number of piperidine rings is 1. The average Bonchev–Trinajstić information content (AvgIpc) is 2.74. The van der Waals surface area contributed by atoms with E-state index in [-0.39, 0.29) is 17.6 Å². The Hall–Kier alpha value is -2.89. The van der Waals surface area contributed by atoms with Crippen molar-refractivity contribution in [1.82, 2.24) is 4.90 Å². The first-order valence-corrected chi connectivity index (χ1v) is 10.0. The van der Waals surface area contributed by atoms with Crippen LogP contribution in [0.3, 0.4) is 0 Å². The van der Waals surface area contributed by atoms with E-state index in [4.69, 9.17) is 4.74 Å². The second-order valence-corrected chi connectivity index (χ2v) is 7.27. The molecule has 2 unspecified atom stereocenters. The topological polar surface area (TPSA) is 58.6 Å². The van der Waals surface area contributed by atoms with Crippen molar-refractivity contribution >= 4 is 17.5 Å². The maximum absolute atomic E-state index is 13.2. The van der Waals surface area contributed by atoms with Crippen LogP contribution >= 0.6 is 0 Å². The lowest BCUT2D eigenvalue weighted by atomic mass is 9.83. The first-order valence-electron chi connectivity index (χ1n) is 10.0. The molecule has 2 amide bonds. The SMILES string of the molecule is CCCCN1C(=O)CCC(C(=O)Nc2ccc(F)cc2)C1c1ccccc1OC. The lowest BCUT2D eigenvalue weighted by Crippen LogP contribution is -2.47. The van der Waals surface area contributed by atoms with Crippen LogP contribution in [0.2, 0.25) is 0 Å². The van der Waals surface area contributed by atoms with Crippen molar-refractivity contribution in [2.75, 3.05) is 19.0 Å². The van der Waals surface area contributed by atoms with Crippen LogP contribution in [-0.2, 0) is 9.59 Å². The van der Waals surface area contributed by atoms with Crippen LogP contribution in [0.5, 0.6) is 5.75 Å². The fraction of sp³-hybridized carbons (Fsp3) is 0.391. The maximum Gasteiger partial charge on any atom is 0.229 e. The summed E-state index contributed by atoms with van der Waals surface area (Å²) in [7, 11) is 1.59. The van der Waals surface area contributed by atoms with Crippen LogP contribution in [0, 0.1) is 11.7 Å². The summed E-state index contributed by atoms with van der Waals surface area (Å²) in [5, 5.41) is 2.88. The van der Waals surface area contributed by atoms with Gasteiger partial charge >= 0.3 is 0 Å². The molecule has 1 saturated heterocycles. The van der Waals surface area contributed by atoms with Gasteiger partial charge in [-0.15, -0.1) is 0 Å². The van der Waals surface area contributed by atoms with Gasteiger partial charge in [-0.2, -0.15) is 0 Å². The van der Waals surface area contributed by atoms with Gasteiger partial charge in [0.25, 0.3) is 0 Å². The first-order chi connectivity index (χ1) is 14.0. The normalized spacial score (nSPS) is 19.1. The zero-order valence-electron chi connectivity index (χ0n) is 16.9. The number of ether oxygens (including phenoxy) is 1. The third-order valence-electron chi connectivity index (χ3n) is 5.37. The molecule has 0 bridgehead atoms. The van der Waals surface area contributed by atoms with E-state index in [0.29, 0.717) is 30.8 Å². The number of benzene rings is 2. The molecule has 0 aliphatic carbocycles. The summed E-state index contributed by atoms with van der Waals surface area (Å²) in [5.74, 6) is -0.246. The van der Waals surface area contributed by atoms with Gasteiger partial charge in [-0.05, 0) is 43.2 Å². The first kappa shape index (κ1) is 20.8. The fourth-order valence-electron chi connectivity index (χ4n) is 3.88. The van der Waals surface area contributed by atoms with Gasteiger partial charge in [0.1, 0.15) is 11.6 Å². The summed E-state index contributed by atoms with van der Waals surface area (Å²) in [6.07, 6.45) is 2.60. The molecule has 0 spiro atoms. The Kier molecular flexibility index (Phi) is 6.86. The third-order valence-corrected chi connectivity index (χ3v) is 5.37. The minimum atomic E-state index is -0.425. The highest BCUT2D eigenvalue weighted by Crippen LogP contribution is 2.41. The number of likely N-dealkylation sites (tertiary alicyclic amines) is 1. The predicted octanol–water partition coefficient (Wildman–Crippen LogP) is 4.55. The monoisotopic (exact) mass is 398 g/mol. The number of anilines is 1. The van der Waals surface area contributed by atoms with Crippen LogP contribution < -0.4 is 10.1 Å². The van der Waals surface area contributed by atoms with Crippen molar-refractivity contribution in [3.05, 3.63) is 59.9 Å². The zero-order chi connectivity index (χ0) is 20.8. The number of nitrogens with zero attached hydrogens (tertiary/aromatic N) is 1. The highest BCUT2D eigenvalue weighted by atomic mass is 19.1. The van der Waals surface area contributed by atoms with Gasteiger partial charge < -0.3 is 15.0 Å². The van der Waals surface area contributed by atoms with E-state index in [1.165, 1.54) is 24.3 Å². The smallest absolute Gasteiger partial charge is 0.229 e. The Labute approximate surface area is 170 Å². The number of halogens is 1. The van der Waals surface area contributed by atoms with E-state index in [0.717, 1.165) is 18.4 Å². The summed E-state index contributed by atoms with van der Waals surface area (Å²) in [5.41, 5.74) is 1.37. The minimum Gasteiger partial charge on any atom is -0.496 e. The summed E-state index contributed by atoms with van der Waals surface area (Å²) in [6.45, 7) is 2.67. The Balaban J connectivity index is 1.94. The molecule has 6 heteroatoms. The standard InChI is InChI=1S/C23H27FN2O3/c1-3-4-15-26-21(27)14-13-19(22(26)18-7-5-6-8-20(18)29-2)23(28)25-17-11-9-16(24)10-12-17/h5-12,19,22H,3-4,13-15H2,1-2H3,(H,25,28). The van der Waals surface area contributed by atoms with Crippen molar-refractivity contribution in [3.63, 3.8) is 0 Å². The highest BCUT2D eigenvalue weighted by molar-refractivity contribution is 5.94. The minimum absolute atomic E-state index is 0.0557. The molecular weight excluding hydrogens is 371 g/mol. The molecule has 3 rings (SSSR count). The number of methoxy groups -OCH3 is 1. The number of carbonyl (C=O) groups is 2. The van der Waals surface area contributed by atoms with Gasteiger partial charge in [0.05, 0.1) is 19.1 Å². The molecule has 1 heterocycles. The van der Waals surface area contributed by atoms with Crippen LogP contribution in [0.4, 0.5) is 10.1 Å². The van der Waals surface area contributed by atoms with Crippen LogP contribution in [-0.4, -0.2) is 30.4 Å². The number of carbonyl (C=O) groups excluding carboxylic acids is 2. The average molecular weight is 398 g/mol. The van der Waals surface area contributed by atoms with E-state index >= 15 is 0 Å². The summed E-state index contributed by atoms with van der Waals surface area (Å²) in [4.78, 5) is 27.8. The molecule has 1 aliphatic heterocycles. The van der Waals surface area contributed by atoms with Crippen LogP contribution in [0.1, 0.15) is 44.2 Å². The van der Waals surface area contributed by atoms with Gasteiger partial charge in [0.2, 0.25) is 11.8 Å². The Morgan fingerprint density at radius 1 is 1.21 bits per heavy atom. The molecule has 0 aromatic heterocycles. The molecule has 1 fully saturated rings. The Morgan fingerprint density at radius 2 is 1.93 bits per heavy atom. The fourth-order valence-corrected chi connectivity index (χ4v) is 3.88. The number of hydrogen-bond donors (Lipinski definition) is 1. The number of amides is 2. The molecule has 2 aromatic rings. The molecule has 5 nitrogen and oxygen atoms in total. The van der Waals surface area contributed by atoms with Gasteiger partial charge in [-0.25, -0.2) is 4.39 Å². The lowest BCUT2D eigenvalue weighted by molar-refractivity contribution is -0.142. The third kappa shape index (κ3) is 4.75. The van der Waals surface area contributed by atoms with Crippen molar-refractivity contribution in [3.8, 4) is 5.75 Å². The quantitative estimate of drug-likeness (QED) is 0.744. The van der Waals surface area contributed by atoms with E-state index in [1.54, 1.807) is 7.11 Å². The largest absolute Gasteiger partial charge is 0.496 e. The molecule has 2 atom stereocenters. The van der Waals surface area contributed by atoms with Crippen molar-refractivity contribution < 1.29 is 18.7 Å².